The van der Waals surface area contributed by atoms with Crippen molar-refractivity contribution in [2.45, 2.75) is 32.7 Å². The summed E-state index contributed by atoms with van der Waals surface area (Å²) in [4.78, 5) is 8.85. The zero-order chi connectivity index (χ0) is 13.5. The lowest BCUT2D eigenvalue weighted by molar-refractivity contribution is 0.515. The first kappa shape index (κ1) is 13.7. The number of rotatable bonds is 6. The van der Waals surface area contributed by atoms with E-state index in [1.807, 2.05) is 25.4 Å². The summed E-state index contributed by atoms with van der Waals surface area (Å²) in [6.07, 6.45) is 5.77. The van der Waals surface area contributed by atoms with Crippen LogP contribution in [0.3, 0.4) is 0 Å². The second-order valence-corrected chi connectivity index (χ2v) is 4.78. The molecule has 1 heterocycles. The maximum absolute atomic E-state index is 4.50. The van der Waals surface area contributed by atoms with Crippen LogP contribution in [0.2, 0.25) is 0 Å². The largest absolute Gasteiger partial charge is 0.308 e. The van der Waals surface area contributed by atoms with E-state index in [9.17, 15) is 0 Å². The number of aromatic nitrogens is 2. The zero-order valence-electron chi connectivity index (χ0n) is 11.6. The first-order valence-corrected chi connectivity index (χ1v) is 6.85. The van der Waals surface area contributed by atoms with Crippen LogP contribution in [0.4, 0.5) is 0 Å². The first-order chi connectivity index (χ1) is 9.29. The van der Waals surface area contributed by atoms with Gasteiger partial charge in [0.2, 0.25) is 0 Å². The van der Waals surface area contributed by atoms with Gasteiger partial charge in [0.1, 0.15) is 0 Å². The van der Waals surface area contributed by atoms with Crippen molar-refractivity contribution in [3.05, 3.63) is 59.7 Å². The number of nitrogens with zero attached hydrogens (tertiary/aromatic N) is 2. The highest BCUT2D eigenvalue weighted by Gasteiger charge is 2.13. The number of hydrogen-bond acceptors (Lipinski definition) is 3. The van der Waals surface area contributed by atoms with Crippen LogP contribution < -0.4 is 5.32 Å². The van der Waals surface area contributed by atoms with E-state index in [0.29, 0.717) is 0 Å². The molecule has 100 valence electrons. The van der Waals surface area contributed by atoms with Gasteiger partial charge in [0, 0.05) is 6.20 Å². The topological polar surface area (TPSA) is 37.8 Å². The van der Waals surface area contributed by atoms with E-state index in [4.69, 9.17) is 0 Å². The van der Waals surface area contributed by atoms with Gasteiger partial charge in [0.25, 0.3) is 0 Å². The predicted molar refractivity (Wildman–Crippen MR) is 77.9 cm³/mol. The fourth-order valence-electron chi connectivity index (χ4n) is 2.03. The fraction of sp³-hybridized carbons (Fsp3) is 0.375. The van der Waals surface area contributed by atoms with Crippen molar-refractivity contribution in [3.63, 3.8) is 0 Å². The molecular formula is C16H21N3. The third-order valence-corrected chi connectivity index (χ3v) is 3.08. The van der Waals surface area contributed by atoms with Crippen LogP contribution in [0.25, 0.3) is 0 Å². The minimum atomic E-state index is 0.232. The molecule has 0 bridgehead atoms. The maximum atomic E-state index is 4.50. The summed E-state index contributed by atoms with van der Waals surface area (Å²) in [7, 11) is 0. The Balaban J connectivity index is 2.13. The molecular weight excluding hydrogens is 234 g/mol. The summed E-state index contributed by atoms with van der Waals surface area (Å²) in [6.45, 7) is 5.13. The minimum Gasteiger partial charge on any atom is -0.308 e. The Bertz CT molecular complexity index is 479. The van der Waals surface area contributed by atoms with Gasteiger partial charge in [0.15, 0.2) is 0 Å². The van der Waals surface area contributed by atoms with Crippen molar-refractivity contribution >= 4 is 0 Å². The molecule has 3 heteroatoms. The molecule has 0 saturated carbocycles. The molecule has 2 aromatic rings. The summed E-state index contributed by atoms with van der Waals surface area (Å²) in [6, 6.07) is 10.7. The molecule has 0 aliphatic carbocycles. The Morgan fingerprint density at radius 1 is 1.11 bits per heavy atom. The molecule has 0 aliphatic heterocycles. The Morgan fingerprint density at radius 2 is 1.89 bits per heavy atom. The summed E-state index contributed by atoms with van der Waals surface area (Å²) >= 11 is 0. The van der Waals surface area contributed by atoms with E-state index in [1.165, 1.54) is 5.56 Å². The Hall–Kier alpha value is -1.74. The van der Waals surface area contributed by atoms with Gasteiger partial charge in [-0.05, 0) is 31.9 Å². The van der Waals surface area contributed by atoms with Gasteiger partial charge in [0.05, 0.1) is 23.6 Å². The summed E-state index contributed by atoms with van der Waals surface area (Å²) in [5.41, 5.74) is 3.29. The number of nitrogens with one attached hydrogen (secondary N) is 1. The first-order valence-electron chi connectivity index (χ1n) is 6.85. The van der Waals surface area contributed by atoms with E-state index in [-0.39, 0.29) is 6.04 Å². The lowest BCUT2D eigenvalue weighted by Gasteiger charge is -2.18. The fourth-order valence-corrected chi connectivity index (χ4v) is 2.03. The summed E-state index contributed by atoms with van der Waals surface area (Å²) in [5.74, 6) is 0. The number of aryl methyl sites for hydroxylation is 1. The number of hydrogen-bond donors (Lipinski definition) is 1. The van der Waals surface area contributed by atoms with Gasteiger partial charge in [-0.1, -0.05) is 37.3 Å². The standard InChI is InChI=1S/C16H21N3/c1-3-9-17-15(10-14-7-5-4-6-8-14)16-12-18-13(2)11-19-16/h4-8,11-12,15,17H,3,9-10H2,1-2H3. The molecule has 0 spiro atoms. The SMILES string of the molecule is CCCNC(Cc1ccccc1)c1cnc(C)cn1. The lowest BCUT2D eigenvalue weighted by Crippen LogP contribution is -2.25. The second-order valence-electron chi connectivity index (χ2n) is 4.78. The zero-order valence-corrected chi connectivity index (χ0v) is 11.6. The smallest absolute Gasteiger partial charge is 0.0759 e. The summed E-state index contributed by atoms with van der Waals surface area (Å²) < 4.78 is 0. The second kappa shape index (κ2) is 7.00. The Kier molecular flexibility index (Phi) is 5.04. The van der Waals surface area contributed by atoms with Crippen molar-refractivity contribution in [1.29, 1.82) is 0 Å². The third kappa shape index (κ3) is 4.14. The monoisotopic (exact) mass is 255 g/mol. The van der Waals surface area contributed by atoms with Gasteiger partial charge < -0.3 is 5.32 Å². The van der Waals surface area contributed by atoms with E-state index in [1.54, 1.807) is 0 Å². The Morgan fingerprint density at radius 3 is 2.53 bits per heavy atom. The average molecular weight is 255 g/mol. The van der Waals surface area contributed by atoms with Gasteiger partial charge in [-0.15, -0.1) is 0 Å². The van der Waals surface area contributed by atoms with Crippen LogP contribution >= 0.6 is 0 Å². The molecule has 3 nitrogen and oxygen atoms in total. The van der Waals surface area contributed by atoms with Crippen molar-refractivity contribution < 1.29 is 0 Å². The van der Waals surface area contributed by atoms with E-state index in [2.05, 4.69) is 46.5 Å². The van der Waals surface area contributed by atoms with Crippen LogP contribution in [0.1, 0.15) is 36.3 Å². The predicted octanol–water partition coefficient (Wildman–Crippen LogP) is 3.07. The van der Waals surface area contributed by atoms with Crippen LogP contribution in [0, 0.1) is 6.92 Å². The molecule has 1 aromatic heterocycles. The molecule has 1 N–H and O–H groups in total. The molecule has 1 atom stereocenters. The molecule has 0 fully saturated rings. The molecule has 0 amide bonds. The molecule has 19 heavy (non-hydrogen) atoms. The van der Waals surface area contributed by atoms with Crippen molar-refractivity contribution in [3.8, 4) is 0 Å². The van der Waals surface area contributed by atoms with Gasteiger partial charge in [-0.3, -0.25) is 9.97 Å². The van der Waals surface area contributed by atoms with Crippen molar-refractivity contribution in [2.75, 3.05) is 6.54 Å². The molecule has 0 aliphatic rings. The normalized spacial score (nSPS) is 12.3. The van der Waals surface area contributed by atoms with Crippen molar-refractivity contribution in [2.24, 2.45) is 0 Å². The van der Waals surface area contributed by atoms with Gasteiger partial charge >= 0.3 is 0 Å². The Labute approximate surface area is 115 Å². The summed E-state index contributed by atoms with van der Waals surface area (Å²) in [5, 5.41) is 3.55. The molecule has 0 saturated heterocycles. The van der Waals surface area contributed by atoms with Gasteiger partial charge in [-0.2, -0.15) is 0 Å². The van der Waals surface area contributed by atoms with Crippen LogP contribution in [-0.4, -0.2) is 16.5 Å². The van der Waals surface area contributed by atoms with Crippen LogP contribution in [0.15, 0.2) is 42.7 Å². The molecule has 2 rings (SSSR count). The highest BCUT2D eigenvalue weighted by atomic mass is 14.9. The quantitative estimate of drug-likeness (QED) is 0.862. The average Bonchev–Trinajstić information content (AvgIpc) is 2.45. The lowest BCUT2D eigenvalue weighted by atomic mass is 10.0. The maximum Gasteiger partial charge on any atom is 0.0759 e. The molecule has 1 unspecified atom stereocenters. The van der Waals surface area contributed by atoms with E-state index in [0.717, 1.165) is 30.8 Å². The molecule has 1 aromatic carbocycles. The highest BCUT2D eigenvalue weighted by molar-refractivity contribution is 5.18. The minimum absolute atomic E-state index is 0.232. The van der Waals surface area contributed by atoms with Crippen molar-refractivity contribution in [1.82, 2.24) is 15.3 Å². The van der Waals surface area contributed by atoms with E-state index >= 15 is 0 Å². The molecule has 0 radical (unpaired) electrons. The van der Waals surface area contributed by atoms with E-state index < -0.39 is 0 Å². The van der Waals surface area contributed by atoms with Crippen LogP contribution in [-0.2, 0) is 6.42 Å². The third-order valence-electron chi connectivity index (χ3n) is 3.08. The van der Waals surface area contributed by atoms with Gasteiger partial charge in [-0.25, -0.2) is 0 Å². The number of benzene rings is 1. The van der Waals surface area contributed by atoms with Crippen LogP contribution in [0.5, 0.6) is 0 Å². The highest BCUT2D eigenvalue weighted by Crippen LogP contribution is 2.16.